The Morgan fingerprint density at radius 1 is 1.42 bits per heavy atom. The highest BCUT2D eigenvalue weighted by Gasteiger charge is 2.53. The fourth-order valence-electron chi connectivity index (χ4n) is 3.21. The minimum atomic E-state index is -4.23. The van der Waals surface area contributed by atoms with Crippen molar-refractivity contribution in [3.63, 3.8) is 0 Å². The molecule has 0 aliphatic carbocycles. The molecule has 14 heteroatoms. The molecule has 1 aromatic carbocycles. The lowest BCUT2D eigenvalue weighted by Crippen LogP contribution is -2.43. The van der Waals surface area contributed by atoms with Gasteiger partial charge in [-0.3, -0.25) is 9.09 Å². The van der Waals surface area contributed by atoms with E-state index in [-0.39, 0.29) is 28.8 Å². The van der Waals surface area contributed by atoms with Gasteiger partial charge in [0.25, 0.3) is 0 Å². The molecule has 1 aliphatic heterocycles. The van der Waals surface area contributed by atoms with Gasteiger partial charge >= 0.3 is 7.75 Å². The van der Waals surface area contributed by atoms with Gasteiger partial charge in [0, 0.05) is 6.54 Å². The number of nitrogen functional groups attached to an aromatic ring is 1. The van der Waals surface area contributed by atoms with Crippen molar-refractivity contribution in [2.75, 3.05) is 18.9 Å². The first-order chi connectivity index (χ1) is 14.7. The summed E-state index contributed by atoms with van der Waals surface area (Å²) in [5, 5.41) is 12.7. The zero-order chi connectivity index (χ0) is 22.2. The number of anilines is 1. The fraction of sp³-hybridized carbons (Fsp3) is 0.353. The number of benzene rings is 1. The first-order valence-electron chi connectivity index (χ1n) is 9.11. The summed E-state index contributed by atoms with van der Waals surface area (Å²) < 4.78 is 39.2. The number of ether oxygens (including phenoxy) is 1. The monoisotopic (exact) mass is 472 g/mol. The smallest absolute Gasteiger partial charge is 0.385 e. The zero-order valence-electron chi connectivity index (χ0n) is 15.9. The van der Waals surface area contributed by atoms with E-state index in [0.29, 0.717) is 0 Å². The Bertz CT molecular complexity index is 1140. The number of imidazole rings is 1. The van der Waals surface area contributed by atoms with Crippen LogP contribution in [0.5, 0.6) is 0 Å². The van der Waals surface area contributed by atoms with Crippen molar-refractivity contribution in [3.8, 4) is 0 Å². The first kappa shape index (κ1) is 22.0. The molecule has 1 saturated heterocycles. The topological polar surface area (TPSA) is 158 Å². The van der Waals surface area contributed by atoms with E-state index in [0.717, 1.165) is 16.5 Å². The average Bonchev–Trinajstić information content (AvgIpc) is 3.29. The van der Waals surface area contributed by atoms with Crippen LogP contribution in [0, 0.1) is 0 Å². The van der Waals surface area contributed by atoms with Crippen LogP contribution in [-0.4, -0.2) is 54.9 Å². The Morgan fingerprint density at radius 2 is 2.16 bits per heavy atom. The van der Waals surface area contributed by atoms with Crippen molar-refractivity contribution >= 4 is 36.3 Å². The van der Waals surface area contributed by atoms with E-state index in [1.165, 1.54) is 0 Å². The highest BCUT2D eigenvalue weighted by atomic mass is 35.5. The van der Waals surface area contributed by atoms with Gasteiger partial charge in [0.1, 0.15) is 24.3 Å². The standard InChI is InChI=1S/C17H19ClFN6O5P/c18-16-23-14(20)12-15(24-16)25(9-21-12)17(19)8-29-11(13(17)26)7-30-31(27,28)22-6-10-4-2-1-3-5-10/h1-5,9,11,13,26H,6-8H2,(H2,20,23,24)(H2,22,27,28)/t11-,13?,17?/m1/s1. The third kappa shape index (κ3) is 4.41. The third-order valence-corrected chi connectivity index (χ3v) is 6.07. The summed E-state index contributed by atoms with van der Waals surface area (Å²) in [4.78, 5) is 21.6. The molecule has 11 nitrogen and oxygen atoms in total. The number of nitrogens with zero attached hydrogens (tertiary/aromatic N) is 4. The second-order valence-electron chi connectivity index (χ2n) is 6.91. The van der Waals surface area contributed by atoms with Crippen LogP contribution in [0.3, 0.4) is 0 Å². The highest BCUT2D eigenvalue weighted by Crippen LogP contribution is 2.41. The molecule has 0 amide bonds. The Balaban J connectivity index is 1.44. The number of aromatic nitrogens is 4. The van der Waals surface area contributed by atoms with Crippen LogP contribution in [0.1, 0.15) is 5.56 Å². The van der Waals surface area contributed by atoms with Gasteiger partial charge in [-0.2, -0.15) is 9.97 Å². The molecular formula is C17H19ClFN6O5P. The van der Waals surface area contributed by atoms with Crippen molar-refractivity contribution < 1.29 is 28.2 Å². The Kier molecular flexibility index (Phi) is 5.97. The van der Waals surface area contributed by atoms with Crippen molar-refractivity contribution in [2.45, 2.75) is 24.5 Å². The number of rotatable bonds is 7. The fourth-order valence-corrected chi connectivity index (χ4v) is 4.20. The Morgan fingerprint density at radius 3 is 2.90 bits per heavy atom. The van der Waals surface area contributed by atoms with Gasteiger partial charge in [0.15, 0.2) is 11.5 Å². The Labute approximate surface area is 180 Å². The molecule has 3 heterocycles. The molecule has 4 atom stereocenters. The molecule has 1 aliphatic rings. The van der Waals surface area contributed by atoms with E-state index in [2.05, 4.69) is 20.0 Å². The van der Waals surface area contributed by atoms with Gasteiger partial charge in [-0.05, 0) is 17.2 Å². The minimum absolute atomic E-state index is 0.0263. The van der Waals surface area contributed by atoms with Gasteiger partial charge in [-0.25, -0.2) is 19.0 Å². The van der Waals surface area contributed by atoms with Crippen LogP contribution < -0.4 is 10.8 Å². The summed E-state index contributed by atoms with van der Waals surface area (Å²) in [7, 11) is -4.23. The summed E-state index contributed by atoms with van der Waals surface area (Å²) >= 11 is 5.80. The van der Waals surface area contributed by atoms with Crippen LogP contribution >= 0.6 is 19.3 Å². The summed E-state index contributed by atoms with van der Waals surface area (Å²) in [5.41, 5.74) is 6.58. The number of aliphatic hydroxyl groups excluding tert-OH is 1. The van der Waals surface area contributed by atoms with Crippen LogP contribution in [0.2, 0.25) is 5.28 Å². The lowest BCUT2D eigenvalue weighted by atomic mass is 10.1. The molecule has 4 rings (SSSR count). The lowest BCUT2D eigenvalue weighted by molar-refractivity contribution is -0.0449. The van der Waals surface area contributed by atoms with Gasteiger partial charge in [0.05, 0.1) is 12.9 Å². The number of alkyl halides is 1. The minimum Gasteiger partial charge on any atom is -0.385 e. The van der Waals surface area contributed by atoms with Crippen molar-refractivity contribution in [1.82, 2.24) is 24.6 Å². The molecule has 2 aromatic heterocycles. The lowest BCUT2D eigenvalue weighted by Gasteiger charge is -2.25. The largest absolute Gasteiger partial charge is 0.403 e. The summed E-state index contributed by atoms with van der Waals surface area (Å²) in [6.07, 6.45) is -1.88. The SMILES string of the molecule is Nc1nc(Cl)nc2c1ncn2C1(F)CO[C@H](COP(=O)(O)NCc2ccccc2)C1O. The number of halogens is 2. The van der Waals surface area contributed by atoms with Gasteiger partial charge < -0.3 is 20.5 Å². The number of nitrogens with two attached hydrogens (primary N) is 1. The van der Waals surface area contributed by atoms with E-state index in [9.17, 15) is 14.6 Å². The molecule has 5 N–H and O–H groups in total. The normalized spacial score (nSPS) is 25.7. The van der Waals surface area contributed by atoms with E-state index in [1.807, 2.05) is 6.07 Å². The van der Waals surface area contributed by atoms with Crippen LogP contribution in [0.4, 0.5) is 10.2 Å². The van der Waals surface area contributed by atoms with E-state index < -0.39 is 39.0 Å². The van der Waals surface area contributed by atoms with E-state index >= 15 is 4.39 Å². The van der Waals surface area contributed by atoms with Gasteiger partial charge in [-0.1, -0.05) is 30.3 Å². The second-order valence-corrected chi connectivity index (χ2v) is 8.87. The third-order valence-electron chi connectivity index (χ3n) is 4.84. The maximum absolute atomic E-state index is 15.7. The molecule has 166 valence electrons. The number of hydrogen-bond donors (Lipinski definition) is 4. The Hall–Kier alpha value is -2.18. The molecule has 0 saturated carbocycles. The molecule has 1 fully saturated rings. The van der Waals surface area contributed by atoms with Crippen molar-refractivity contribution in [2.24, 2.45) is 0 Å². The van der Waals surface area contributed by atoms with Crippen molar-refractivity contribution in [3.05, 3.63) is 47.5 Å². The van der Waals surface area contributed by atoms with Crippen LogP contribution in [0.15, 0.2) is 36.7 Å². The molecular weight excluding hydrogens is 454 g/mol. The number of fused-ring (bicyclic) bond motifs is 1. The maximum Gasteiger partial charge on any atom is 0.403 e. The quantitative estimate of drug-likeness (QED) is 0.292. The number of nitrogens with one attached hydrogen (secondary N) is 1. The van der Waals surface area contributed by atoms with E-state index in [1.54, 1.807) is 24.3 Å². The van der Waals surface area contributed by atoms with Crippen LogP contribution in [-0.2, 0) is 26.2 Å². The zero-order valence-corrected chi connectivity index (χ0v) is 17.6. The van der Waals surface area contributed by atoms with E-state index in [4.69, 9.17) is 26.6 Å². The first-order valence-corrected chi connectivity index (χ1v) is 11.1. The summed E-state index contributed by atoms with van der Waals surface area (Å²) in [6.45, 7) is -1.03. The molecule has 0 bridgehead atoms. The molecule has 31 heavy (non-hydrogen) atoms. The van der Waals surface area contributed by atoms with Crippen molar-refractivity contribution in [1.29, 1.82) is 0 Å². The predicted octanol–water partition coefficient (Wildman–Crippen LogP) is 1.35. The average molecular weight is 473 g/mol. The molecule has 0 radical (unpaired) electrons. The molecule has 3 unspecified atom stereocenters. The van der Waals surface area contributed by atoms with Gasteiger partial charge in [0.2, 0.25) is 11.1 Å². The van der Waals surface area contributed by atoms with Crippen LogP contribution in [0.25, 0.3) is 11.2 Å². The van der Waals surface area contributed by atoms with Gasteiger partial charge in [-0.15, -0.1) is 0 Å². The maximum atomic E-state index is 15.7. The molecule has 0 spiro atoms. The summed E-state index contributed by atoms with van der Waals surface area (Å²) in [5.74, 6) is -2.53. The highest BCUT2D eigenvalue weighted by molar-refractivity contribution is 7.50. The number of aliphatic hydroxyl groups is 1. The summed E-state index contributed by atoms with van der Waals surface area (Å²) in [6, 6.07) is 8.93. The molecule has 3 aromatic rings. The number of hydrogen-bond acceptors (Lipinski definition) is 8. The second kappa shape index (κ2) is 8.40. The predicted molar refractivity (Wildman–Crippen MR) is 109 cm³/mol.